The topological polar surface area (TPSA) is 72.0 Å². The van der Waals surface area contributed by atoms with Gasteiger partial charge in [0.15, 0.2) is 5.16 Å². The zero-order chi connectivity index (χ0) is 10.6. The van der Waals surface area contributed by atoms with Crippen molar-refractivity contribution in [3.8, 4) is 0 Å². The van der Waals surface area contributed by atoms with E-state index in [1.807, 2.05) is 0 Å². The van der Waals surface area contributed by atoms with Crippen molar-refractivity contribution in [2.75, 3.05) is 12.9 Å². The van der Waals surface area contributed by atoms with Crippen molar-refractivity contribution in [3.05, 3.63) is 11.9 Å². The molecule has 0 saturated carbocycles. The van der Waals surface area contributed by atoms with E-state index in [1.54, 1.807) is 0 Å². The van der Waals surface area contributed by atoms with Gasteiger partial charge in [-0.15, -0.1) is 0 Å². The molecule has 0 bridgehead atoms. The number of aromatic nitrogens is 2. The molecule has 0 amide bonds. The molecule has 0 aliphatic rings. The van der Waals surface area contributed by atoms with Gasteiger partial charge in [-0.05, 0) is 6.92 Å². The molecule has 0 spiro atoms. The second kappa shape index (κ2) is 4.80. The summed E-state index contributed by atoms with van der Waals surface area (Å²) < 4.78 is 4.49. The number of ketones is 1. The van der Waals surface area contributed by atoms with Crippen molar-refractivity contribution in [1.29, 1.82) is 0 Å². The molecule has 6 heteroatoms. The summed E-state index contributed by atoms with van der Waals surface area (Å²) >= 11 is 1.25. The fourth-order valence-corrected chi connectivity index (χ4v) is 1.41. The van der Waals surface area contributed by atoms with Crippen LogP contribution in [0.4, 0.5) is 0 Å². The highest BCUT2D eigenvalue weighted by molar-refractivity contribution is 7.99. The first-order chi connectivity index (χ1) is 6.63. The van der Waals surface area contributed by atoms with Gasteiger partial charge in [0.05, 0.1) is 19.1 Å². The van der Waals surface area contributed by atoms with Gasteiger partial charge < -0.3 is 9.72 Å². The monoisotopic (exact) mass is 214 g/mol. The summed E-state index contributed by atoms with van der Waals surface area (Å²) in [6.45, 7) is 1.50. The first-order valence-electron chi connectivity index (χ1n) is 3.89. The molecule has 1 aromatic rings. The van der Waals surface area contributed by atoms with E-state index >= 15 is 0 Å². The second-order valence-corrected chi connectivity index (χ2v) is 3.55. The predicted octanol–water partition coefficient (Wildman–Crippen LogP) is 0.877. The number of H-pyrrole nitrogens is 1. The predicted molar refractivity (Wildman–Crippen MR) is 51.3 cm³/mol. The van der Waals surface area contributed by atoms with Crippen molar-refractivity contribution in [3.63, 3.8) is 0 Å². The Kier molecular flexibility index (Phi) is 3.70. The van der Waals surface area contributed by atoms with Gasteiger partial charge in [0.1, 0.15) is 11.5 Å². The van der Waals surface area contributed by atoms with Crippen LogP contribution in [0.5, 0.6) is 0 Å². The molecule has 0 atom stereocenters. The number of thioether (sulfide) groups is 1. The molecule has 76 valence electrons. The zero-order valence-electron chi connectivity index (χ0n) is 7.86. The zero-order valence-corrected chi connectivity index (χ0v) is 8.68. The number of methoxy groups -OCH3 is 1. The molecule has 0 radical (unpaired) electrons. The maximum absolute atomic E-state index is 11.0. The van der Waals surface area contributed by atoms with E-state index in [2.05, 4.69) is 14.7 Å². The number of rotatable bonds is 4. The molecule has 14 heavy (non-hydrogen) atoms. The van der Waals surface area contributed by atoms with Crippen LogP contribution in [0.1, 0.15) is 17.4 Å². The number of hydrogen-bond donors (Lipinski definition) is 1. The van der Waals surface area contributed by atoms with Crippen LogP contribution in [0.2, 0.25) is 0 Å². The number of nitrogens with zero attached hydrogens (tertiary/aromatic N) is 1. The van der Waals surface area contributed by atoms with Crippen LogP contribution in [0.3, 0.4) is 0 Å². The average molecular weight is 214 g/mol. The highest BCUT2D eigenvalue weighted by atomic mass is 32.2. The molecule has 1 N–H and O–H groups in total. The number of Topliss-reactive ketones (excluding diaryl/α,β-unsaturated/α-hetero) is 1. The van der Waals surface area contributed by atoms with Crippen LogP contribution in [0.25, 0.3) is 0 Å². The van der Waals surface area contributed by atoms with Crippen LogP contribution in [-0.2, 0) is 9.53 Å². The normalized spacial score (nSPS) is 9.86. The second-order valence-electron chi connectivity index (χ2n) is 2.58. The van der Waals surface area contributed by atoms with Gasteiger partial charge >= 0.3 is 5.97 Å². The van der Waals surface area contributed by atoms with E-state index in [0.717, 1.165) is 0 Å². The molecule has 0 fully saturated rings. The molecule has 5 nitrogen and oxygen atoms in total. The third-order valence-electron chi connectivity index (χ3n) is 1.37. The van der Waals surface area contributed by atoms with Crippen LogP contribution in [0.15, 0.2) is 11.4 Å². The molecule has 1 heterocycles. The minimum atomic E-state index is -0.466. The molecule has 0 aliphatic carbocycles. The van der Waals surface area contributed by atoms with E-state index in [1.165, 1.54) is 32.0 Å². The number of hydrogen-bond acceptors (Lipinski definition) is 5. The van der Waals surface area contributed by atoms with Gasteiger partial charge in [-0.25, -0.2) is 9.78 Å². The van der Waals surface area contributed by atoms with E-state index in [0.29, 0.717) is 16.6 Å². The number of carbonyl (C=O) groups excluding carboxylic acids is 2. The summed E-state index contributed by atoms with van der Waals surface area (Å²) in [7, 11) is 1.30. The van der Waals surface area contributed by atoms with Gasteiger partial charge in [0, 0.05) is 0 Å². The first kappa shape index (κ1) is 10.8. The minimum absolute atomic E-state index is 0.0611. The lowest BCUT2D eigenvalue weighted by atomic mass is 10.5. The summed E-state index contributed by atoms with van der Waals surface area (Å²) in [6, 6.07) is 0. The number of imidazole rings is 1. The van der Waals surface area contributed by atoms with Crippen molar-refractivity contribution >= 4 is 23.5 Å². The average Bonchev–Trinajstić information content (AvgIpc) is 2.62. The van der Waals surface area contributed by atoms with Gasteiger partial charge in [0.2, 0.25) is 0 Å². The maximum atomic E-state index is 11.0. The summed E-state index contributed by atoms with van der Waals surface area (Å²) in [6.07, 6.45) is 1.38. The van der Waals surface area contributed by atoms with E-state index in [4.69, 9.17) is 0 Å². The van der Waals surface area contributed by atoms with Crippen molar-refractivity contribution < 1.29 is 14.3 Å². The lowest BCUT2D eigenvalue weighted by Gasteiger charge is -1.93. The van der Waals surface area contributed by atoms with Crippen molar-refractivity contribution in [1.82, 2.24) is 9.97 Å². The van der Waals surface area contributed by atoms with E-state index in [-0.39, 0.29) is 5.78 Å². The Hall–Kier alpha value is -1.30. The third-order valence-corrected chi connectivity index (χ3v) is 2.40. The number of nitrogens with one attached hydrogen (secondary N) is 1. The highest BCUT2D eigenvalue weighted by Gasteiger charge is 2.09. The fraction of sp³-hybridized carbons (Fsp3) is 0.375. The molecule has 0 aromatic carbocycles. The standard InChI is InChI=1S/C8H10N2O3S/c1-5(11)4-14-8-9-3-6(10-8)7(12)13-2/h3H,4H2,1-2H3,(H,9,10). The van der Waals surface area contributed by atoms with E-state index in [9.17, 15) is 9.59 Å². The van der Waals surface area contributed by atoms with E-state index < -0.39 is 5.97 Å². The Morgan fingerprint density at radius 2 is 2.36 bits per heavy atom. The molecule has 0 unspecified atom stereocenters. The lowest BCUT2D eigenvalue weighted by Crippen LogP contribution is -2.01. The number of ether oxygens (including phenoxy) is 1. The molecule has 1 aromatic heterocycles. The summed E-state index contributed by atoms with van der Waals surface area (Å²) in [5.41, 5.74) is 0.290. The van der Waals surface area contributed by atoms with Gasteiger partial charge in [-0.2, -0.15) is 0 Å². The van der Waals surface area contributed by atoms with Gasteiger partial charge in [-0.3, -0.25) is 4.79 Å². The molecule has 1 rings (SSSR count). The smallest absolute Gasteiger partial charge is 0.356 e. The largest absolute Gasteiger partial charge is 0.464 e. The number of aromatic amines is 1. The molecule has 0 aliphatic heterocycles. The van der Waals surface area contributed by atoms with Crippen LogP contribution >= 0.6 is 11.8 Å². The van der Waals surface area contributed by atoms with Crippen molar-refractivity contribution in [2.24, 2.45) is 0 Å². The highest BCUT2D eigenvalue weighted by Crippen LogP contribution is 2.13. The Morgan fingerprint density at radius 1 is 1.64 bits per heavy atom. The SMILES string of the molecule is COC(=O)c1cnc(SCC(C)=O)[nH]1. The quantitative estimate of drug-likeness (QED) is 0.595. The Bertz CT molecular complexity index is 348. The lowest BCUT2D eigenvalue weighted by molar-refractivity contribution is -0.114. The van der Waals surface area contributed by atoms with Crippen LogP contribution in [0, 0.1) is 0 Å². The molecule has 0 saturated heterocycles. The maximum Gasteiger partial charge on any atom is 0.356 e. The van der Waals surface area contributed by atoms with Crippen LogP contribution in [-0.4, -0.2) is 34.6 Å². The Labute approximate surface area is 85.2 Å². The van der Waals surface area contributed by atoms with Crippen molar-refractivity contribution in [2.45, 2.75) is 12.1 Å². The summed E-state index contributed by atoms with van der Waals surface area (Å²) in [4.78, 5) is 28.3. The summed E-state index contributed by atoms with van der Waals surface area (Å²) in [5.74, 6) is -0.0631. The number of esters is 1. The Balaban J connectivity index is 2.59. The molecular weight excluding hydrogens is 204 g/mol. The van der Waals surface area contributed by atoms with Crippen LogP contribution < -0.4 is 0 Å². The Morgan fingerprint density at radius 3 is 2.93 bits per heavy atom. The molecular formula is C8H10N2O3S. The summed E-state index contributed by atoms with van der Waals surface area (Å²) in [5, 5.41) is 0.542. The number of carbonyl (C=O) groups is 2. The van der Waals surface area contributed by atoms with Gasteiger partial charge in [0.25, 0.3) is 0 Å². The minimum Gasteiger partial charge on any atom is -0.464 e. The van der Waals surface area contributed by atoms with Gasteiger partial charge in [-0.1, -0.05) is 11.8 Å². The first-order valence-corrected chi connectivity index (χ1v) is 4.87. The fourth-order valence-electron chi connectivity index (χ4n) is 0.760. The third kappa shape index (κ3) is 2.88.